The largest absolute Gasteiger partial charge is 0.385 e. The summed E-state index contributed by atoms with van der Waals surface area (Å²) in [4.78, 5) is 40.7. The SMILES string of the molecule is CC.O=C(Nc1ccc(-n2c(=O)[nH]c3cc(NCC4CCC4)ccc3c2=O)c(F)c1)NS(=O)(=O)c1ccc(Cl)s1. The number of carbonyl (C=O) groups is 1. The van der Waals surface area contributed by atoms with Gasteiger partial charge in [-0.1, -0.05) is 31.9 Å². The van der Waals surface area contributed by atoms with Gasteiger partial charge in [-0.05, 0) is 67.3 Å². The van der Waals surface area contributed by atoms with E-state index in [1.165, 1.54) is 37.5 Å². The number of hydrogen-bond donors (Lipinski definition) is 4. The Morgan fingerprint density at radius 3 is 2.45 bits per heavy atom. The number of rotatable bonds is 7. The van der Waals surface area contributed by atoms with Crippen LogP contribution in [-0.2, 0) is 10.0 Å². The normalized spacial score (nSPS) is 13.2. The second-order valence-corrected chi connectivity index (χ2v) is 12.4. The van der Waals surface area contributed by atoms with E-state index < -0.39 is 33.1 Å². The number of anilines is 2. The summed E-state index contributed by atoms with van der Waals surface area (Å²) in [6.07, 6.45) is 3.58. The lowest BCUT2D eigenvalue weighted by Crippen LogP contribution is -2.35. The van der Waals surface area contributed by atoms with Crippen LogP contribution < -0.4 is 26.6 Å². The van der Waals surface area contributed by atoms with Gasteiger partial charge in [0.2, 0.25) is 0 Å². The zero-order valence-corrected chi connectivity index (χ0v) is 24.0. The third kappa shape index (κ3) is 6.37. The monoisotopic (exact) mass is 607 g/mol. The van der Waals surface area contributed by atoms with Crippen LogP contribution in [0, 0.1) is 11.7 Å². The van der Waals surface area contributed by atoms with E-state index in [4.69, 9.17) is 11.6 Å². The van der Waals surface area contributed by atoms with Crippen LogP contribution in [0.15, 0.2) is 62.3 Å². The summed E-state index contributed by atoms with van der Waals surface area (Å²) < 4.78 is 42.0. The zero-order valence-electron chi connectivity index (χ0n) is 21.6. The summed E-state index contributed by atoms with van der Waals surface area (Å²) in [5.41, 5.74) is -0.906. The topological polar surface area (TPSA) is 142 Å². The molecule has 14 heteroatoms. The third-order valence-electron chi connectivity index (χ3n) is 6.20. The second kappa shape index (κ2) is 12.2. The molecule has 1 saturated carbocycles. The Kier molecular flexibility index (Phi) is 8.96. The number of nitrogens with one attached hydrogen (secondary N) is 4. The summed E-state index contributed by atoms with van der Waals surface area (Å²) in [6, 6.07) is 9.67. The van der Waals surface area contributed by atoms with Crippen molar-refractivity contribution >= 4 is 61.3 Å². The highest BCUT2D eigenvalue weighted by molar-refractivity contribution is 7.92. The number of nitrogens with zero attached hydrogens (tertiary/aromatic N) is 1. The minimum absolute atomic E-state index is 0.101. The second-order valence-electron chi connectivity index (χ2n) is 8.79. The smallest absolute Gasteiger partial charge is 0.333 e. The van der Waals surface area contributed by atoms with Gasteiger partial charge >= 0.3 is 11.7 Å². The predicted octanol–water partition coefficient (Wildman–Crippen LogP) is 5.28. The number of H-pyrrole nitrogens is 1. The predicted molar refractivity (Wildman–Crippen MR) is 156 cm³/mol. The average molecular weight is 608 g/mol. The first-order valence-electron chi connectivity index (χ1n) is 12.5. The van der Waals surface area contributed by atoms with Gasteiger partial charge in [0, 0.05) is 17.9 Å². The fourth-order valence-corrected chi connectivity index (χ4v) is 6.43. The van der Waals surface area contributed by atoms with E-state index in [9.17, 15) is 22.8 Å². The van der Waals surface area contributed by atoms with Crippen molar-refractivity contribution in [3.8, 4) is 5.69 Å². The number of halogens is 2. The highest BCUT2D eigenvalue weighted by Crippen LogP contribution is 2.27. The van der Waals surface area contributed by atoms with Crippen LogP contribution in [0.3, 0.4) is 0 Å². The molecule has 1 aliphatic rings. The van der Waals surface area contributed by atoms with Crippen molar-refractivity contribution in [2.24, 2.45) is 5.92 Å². The van der Waals surface area contributed by atoms with Crippen LogP contribution in [0.4, 0.5) is 20.6 Å². The molecule has 2 aromatic heterocycles. The minimum atomic E-state index is -4.18. The Morgan fingerprint density at radius 1 is 1.10 bits per heavy atom. The van der Waals surface area contributed by atoms with Gasteiger partial charge in [0.05, 0.1) is 20.9 Å². The number of sulfonamides is 1. The van der Waals surface area contributed by atoms with Crippen molar-refractivity contribution in [3.63, 3.8) is 0 Å². The lowest BCUT2D eigenvalue weighted by Gasteiger charge is -2.25. The quantitative estimate of drug-likeness (QED) is 0.225. The molecule has 212 valence electrons. The molecule has 1 aliphatic carbocycles. The van der Waals surface area contributed by atoms with Gasteiger partial charge in [-0.3, -0.25) is 4.79 Å². The Balaban J connectivity index is 0.00000181. The van der Waals surface area contributed by atoms with Crippen LogP contribution in [0.2, 0.25) is 4.34 Å². The molecule has 0 unspecified atom stereocenters. The maximum atomic E-state index is 15.0. The lowest BCUT2D eigenvalue weighted by molar-refractivity contribution is 0.256. The summed E-state index contributed by atoms with van der Waals surface area (Å²) in [6.45, 7) is 4.81. The van der Waals surface area contributed by atoms with Gasteiger partial charge in [-0.15, -0.1) is 11.3 Å². The van der Waals surface area contributed by atoms with Crippen molar-refractivity contribution in [3.05, 3.63) is 79.5 Å². The van der Waals surface area contributed by atoms with E-state index in [1.54, 1.807) is 22.9 Å². The molecule has 0 radical (unpaired) electrons. The molecule has 10 nitrogen and oxygen atoms in total. The maximum Gasteiger partial charge on any atom is 0.333 e. The van der Waals surface area contributed by atoms with Crippen LogP contribution in [0.25, 0.3) is 16.6 Å². The van der Waals surface area contributed by atoms with Gasteiger partial charge in [0.15, 0.2) is 0 Å². The number of carbonyl (C=O) groups excluding carboxylic acids is 1. The highest BCUT2D eigenvalue weighted by Gasteiger charge is 2.21. The molecule has 2 aromatic carbocycles. The van der Waals surface area contributed by atoms with Crippen molar-refractivity contribution in [1.29, 1.82) is 0 Å². The summed E-state index contributed by atoms with van der Waals surface area (Å²) >= 11 is 6.50. The van der Waals surface area contributed by atoms with Crippen molar-refractivity contribution in [2.45, 2.75) is 37.3 Å². The summed E-state index contributed by atoms with van der Waals surface area (Å²) in [5.74, 6) is -0.366. The number of aromatic amines is 1. The van der Waals surface area contributed by atoms with E-state index in [-0.39, 0.29) is 25.3 Å². The fraction of sp³-hybridized carbons (Fsp3) is 0.269. The van der Waals surface area contributed by atoms with Gasteiger partial charge < -0.3 is 15.6 Å². The molecule has 0 bridgehead atoms. The zero-order chi connectivity index (χ0) is 29.0. The molecule has 0 spiro atoms. The number of thiophene rings is 1. The number of aromatic nitrogens is 2. The summed E-state index contributed by atoms with van der Waals surface area (Å²) in [7, 11) is -4.18. The van der Waals surface area contributed by atoms with Gasteiger partial charge in [-0.25, -0.2) is 31.7 Å². The Bertz CT molecular complexity index is 1780. The standard InChI is InChI=1S/C24H21ClFN5O5S2.C2H6/c25-20-8-9-21(37-20)38(35,36)30-23(33)28-15-5-7-19(17(26)10-15)31-22(32)16-6-4-14(11-18(16)29-24(31)34)27-12-13-2-1-3-13;1-2/h4-11,13,27H,1-3,12H2,(H,29,34)(H2,28,30,33);1-2H3. The number of urea groups is 1. The van der Waals surface area contributed by atoms with E-state index in [0.29, 0.717) is 16.0 Å². The maximum absolute atomic E-state index is 15.0. The molecule has 0 aliphatic heterocycles. The molecule has 0 saturated heterocycles. The van der Waals surface area contributed by atoms with E-state index in [2.05, 4.69) is 15.6 Å². The van der Waals surface area contributed by atoms with E-state index >= 15 is 4.39 Å². The molecule has 0 atom stereocenters. The highest BCUT2D eigenvalue weighted by atomic mass is 35.5. The molecule has 2 heterocycles. The molecule has 4 N–H and O–H groups in total. The molecular weight excluding hydrogens is 581 g/mol. The number of hydrogen-bond acceptors (Lipinski definition) is 7. The number of benzene rings is 2. The molecule has 2 amide bonds. The first-order chi connectivity index (χ1) is 19.1. The van der Waals surface area contributed by atoms with Crippen LogP contribution in [0.1, 0.15) is 33.1 Å². The Hall–Kier alpha value is -3.68. The third-order valence-corrected chi connectivity index (χ3v) is 9.26. The lowest BCUT2D eigenvalue weighted by atomic mass is 9.85. The number of amides is 2. The van der Waals surface area contributed by atoms with Crippen molar-refractivity contribution in [1.82, 2.24) is 14.3 Å². The minimum Gasteiger partial charge on any atom is -0.385 e. The fourth-order valence-electron chi connectivity index (χ4n) is 4.04. The van der Waals surface area contributed by atoms with Crippen LogP contribution >= 0.6 is 22.9 Å². The van der Waals surface area contributed by atoms with Gasteiger partial charge in [0.25, 0.3) is 15.6 Å². The van der Waals surface area contributed by atoms with Gasteiger partial charge in [0.1, 0.15) is 10.0 Å². The molecule has 40 heavy (non-hydrogen) atoms. The van der Waals surface area contributed by atoms with E-state index in [0.717, 1.165) is 35.7 Å². The van der Waals surface area contributed by atoms with Crippen molar-refractivity contribution in [2.75, 3.05) is 17.2 Å². The number of fused-ring (bicyclic) bond motifs is 1. The Morgan fingerprint density at radius 2 is 1.82 bits per heavy atom. The van der Waals surface area contributed by atoms with E-state index in [1.807, 2.05) is 13.8 Å². The van der Waals surface area contributed by atoms with Crippen LogP contribution in [-0.4, -0.2) is 30.5 Å². The van der Waals surface area contributed by atoms with Crippen LogP contribution in [0.5, 0.6) is 0 Å². The van der Waals surface area contributed by atoms with Gasteiger partial charge in [-0.2, -0.15) is 0 Å². The molecule has 1 fully saturated rings. The molecule has 5 rings (SSSR count). The Labute approximate surface area is 238 Å². The first-order valence-corrected chi connectivity index (χ1v) is 15.2. The average Bonchev–Trinajstić information content (AvgIpc) is 3.32. The first kappa shape index (κ1) is 29.3. The summed E-state index contributed by atoms with van der Waals surface area (Å²) in [5, 5.41) is 5.71. The molecular formula is C26H27ClFN5O5S2. The molecule has 4 aromatic rings. The van der Waals surface area contributed by atoms with Crippen molar-refractivity contribution < 1.29 is 17.6 Å².